The Kier molecular flexibility index (Phi) is 66.2. The second-order valence-electron chi connectivity index (χ2n) is 23.1. The third kappa shape index (κ3) is 66.9. The molecule has 0 aromatic heterocycles. The molecule has 0 amide bonds. The lowest BCUT2D eigenvalue weighted by Crippen LogP contribution is -2.30. The van der Waals surface area contributed by atoms with Gasteiger partial charge in [0.2, 0.25) is 0 Å². The molecule has 0 aromatic rings. The van der Waals surface area contributed by atoms with Gasteiger partial charge in [-0.3, -0.25) is 14.4 Å². The van der Waals surface area contributed by atoms with E-state index in [0.717, 1.165) is 122 Å². The monoisotopic (exact) mass is 1140 g/mol. The van der Waals surface area contributed by atoms with Crippen molar-refractivity contribution in [1.82, 2.24) is 0 Å². The van der Waals surface area contributed by atoms with Crippen molar-refractivity contribution < 1.29 is 28.6 Å². The molecule has 1 unspecified atom stereocenters. The van der Waals surface area contributed by atoms with Crippen molar-refractivity contribution in [2.45, 2.75) is 341 Å². The molecule has 0 aliphatic carbocycles. The minimum Gasteiger partial charge on any atom is -0.462 e. The van der Waals surface area contributed by atoms with Crippen LogP contribution in [0.1, 0.15) is 335 Å². The first kappa shape index (κ1) is 78.1. The van der Waals surface area contributed by atoms with Crippen molar-refractivity contribution in [1.29, 1.82) is 0 Å². The van der Waals surface area contributed by atoms with Gasteiger partial charge in [-0.25, -0.2) is 0 Å². The molecule has 6 nitrogen and oxygen atoms in total. The number of hydrogen-bond acceptors (Lipinski definition) is 6. The van der Waals surface area contributed by atoms with Crippen LogP contribution in [0.25, 0.3) is 0 Å². The number of carbonyl (C=O) groups is 3. The molecule has 0 bridgehead atoms. The summed E-state index contributed by atoms with van der Waals surface area (Å²) >= 11 is 0. The van der Waals surface area contributed by atoms with Gasteiger partial charge in [0.15, 0.2) is 6.10 Å². The number of hydrogen-bond donors (Lipinski definition) is 0. The summed E-state index contributed by atoms with van der Waals surface area (Å²) in [7, 11) is 0. The van der Waals surface area contributed by atoms with Crippen LogP contribution < -0.4 is 0 Å². The Morgan fingerprint density at radius 3 is 0.805 bits per heavy atom. The highest BCUT2D eigenvalue weighted by Gasteiger charge is 2.19. The van der Waals surface area contributed by atoms with Gasteiger partial charge in [0.1, 0.15) is 13.2 Å². The zero-order chi connectivity index (χ0) is 59.2. The third-order valence-corrected chi connectivity index (χ3v) is 15.0. The average Bonchev–Trinajstić information content (AvgIpc) is 3.47. The van der Waals surface area contributed by atoms with E-state index >= 15 is 0 Å². The van der Waals surface area contributed by atoms with E-state index in [2.05, 4.69) is 130 Å². The molecule has 0 rings (SSSR count). The molecular weight excluding hydrogens is 1010 g/mol. The van der Waals surface area contributed by atoms with Crippen LogP contribution in [0.15, 0.2) is 109 Å². The Morgan fingerprint density at radius 2 is 0.500 bits per heavy atom. The van der Waals surface area contributed by atoms with Crippen LogP contribution in [-0.2, 0) is 28.6 Å². The van der Waals surface area contributed by atoms with E-state index in [1.54, 1.807) is 0 Å². The Labute approximate surface area is 508 Å². The molecule has 0 saturated heterocycles. The lowest BCUT2D eigenvalue weighted by molar-refractivity contribution is -0.167. The van der Waals surface area contributed by atoms with Gasteiger partial charge >= 0.3 is 17.9 Å². The van der Waals surface area contributed by atoms with Gasteiger partial charge in [0.25, 0.3) is 0 Å². The fourth-order valence-electron chi connectivity index (χ4n) is 9.78. The molecule has 82 heavy (non-hydrogen) atoms. The first-order valence-corrected chi connectivity index (χ1v) is 34.9. The second-order valence-corrected chi connectivity index (χ2v) is 23.1. The first-order chi connectivity index (χ1) is 40.5. The van der Waals surface area contributed by atoms with Crippen molar-refractivity contribution in [3.63, 3.8) is 0 Å². The summed E-state index contributed by atoms with van der Waals surface area (Å²) < 4.78 is 16.9. The average molecular weight is 1140 g/mol. The van der Waals surface area contributed by atoms with Gasteiger partial charge in [-0.1, -0.05) is 304 Å². The van der Waals surface area contributed by atoms with Gasteiger partial charge in [0.05, 0.1) is 0 Å². The van der Waals surface area contributed by atoms with Crippen LogP contribution >= 0.6 is 0 Å². The maximum atomic E-state index is 12.9. The Hall–Kier alpha value is -3.93. The van der Waals surface area contributed by atoms with E-state index < -0.39 is 6.10 Å². The van der Waals surface area contributed by atoms with Crippen LogP contribution in [-0.4, -0.2) is 37.2 Å². The summed E-state index contributed by atoms with van der Waals surface area (Å²) in [5.41, 5.74) is 0. The number of rotatable bonds is 63. The Morgan fingerprint density at radius 1 is 0.256 bits per heavy atom. The first-order valence-electron chi connectivity index (χ1n) is 34.9. The lowest BCUT2D eigenvalue weighted by Gasteiger charge is -2.18. The molecule has 0 radical (unpaired) electrons. The molecule has 0 aliphatic heterocycles. The zero-order valence-corrected chi connectivity index (χ0v) is 54.0. The van der Waals surface area contributed by atoms with Gasteiger partial charge in [-0.2, -0.15) is 0 Å². The van der Waals surface area contributed by atoms with Crippen molar-refractivity contribution in [3.8, 4) is 0 Å². The zero-order valence-electron chi connectivity index (χ0n) is 54.0. The largest absolute Gasteiger partial charge is 0.462 e. The van der Waals surface area contributed by atoms with E-state index in [0.29, 0.717) is 19.3 Å². The molecule has 6 heteroatoms. The fourth-order valence-corrected chi connectivity index (χ4v) is 9.78. The fraction of sp³-hybridized carbons (Fsp3) is 0.724. The van der Waals surface area contributed by atoms with Crippen molar-refractivity contribution >= 4 is 17.9 Å². The van der Waals surface area contributed by atoms with E-state index in [9.17, 15) is 14.4 Å². The topological polar surface area (TPSA) is 78.9 Å². The van der Waals surface area contributed by atoms with Crippen LogP contribution in [0.5, 0.6) is 0 Å². The maximum Gasteiger partial charge on any atom is 0.306 e. The van der Waals surface area contributed by atoms with Crippen LogP contribution in [0.2, 0.25) is 0 Å². The lowest BCUT2D eigenvalue weighted by atomic mass is 10.0. The highest BCUT2D eigenvalue weighted by molar-refractivity contribution is 5.71. The number of carbonyl (C=O) groups excluding carboxylic acids is 3. The number of esters is 3. The standard InChI is InChI=1S/C76H130O6/c1-4-7-10-13-16-19-22-24-26-28-30-32-34-36-37-38-39-41-42-44-46-48-50-52-54-57-60-63-66-69-75(78)81-72-73(71-80-74(77)68-65-62-59-56-21-18-15-12-9-6-3)82-76(79)70-67-64-61-58-55-53-51-49-47-45-43-40-35-33-31-29-27-25-23-20-17-14-11-8-5-2/h8,11-12,15,17,20,22,24-25,27-28,30-31,33-34,36,40,43,73H,4-7,9-10,13-14,16,18-19,21,23,26,29,32,35,37-39,41-42,44-72H2,1-3H3/b11-8-,15-12-,20-17-,24-22-,27-25-,30-28-,33-31-,36-34-,43-40-. The van der Waals surface area contributed by atoms with Crippen LogP contribution in [0.3, 0.4) is 0 Å². The summed E-state index contributed by atoms with van der Waals surface area (Å²) in [6.07, 6.45) is 95.5. The number of ether oxygens (including phenoxy) is 3. The van der Waals surface area contributed by atoms with Gasteiger partial charge in [0, 0.05) is 19.3 Å². The second kappa shape index (κ2) is 69.6. The van der Waals surface area contributed by atoms with Crippen molar-refractivity contribution in [3.05, 3.63) is 109 Å². The van der Waals surface area contributed by atoms with Crippen LogP contribution in [0.4, 0.5) is 0 Å². The number of unbranched alkanes of at least 4 members (excludes halogenated alkanes) is 34. The van der Waals surface area contributed by atoms with Crippen molar-refractivity contribution in [2.24, 2.45) is 0 Å². The summed E-state index contributed by atoms with van der Waals surface area (Å²) in [4.78, 5) is 38.3. The molecule has 0 saturated carbocycles. The molecule has 0 aliphatic rings. The smallest absolute Gasteiger partial charge is 0.306 e. The van der Waals surface area contributed by atoms with Crippen LogP contribution in [0, 0.1) is 0 Å². The maximum absolute atomic E-state index is 12.9. The van der Waals surface area contributed by atoms with E-state index in [1.807, 2.05) is 0 Å². The minimum atomic E-state index is -0.787. The summed E-state index contributed by atoms with van der Waals surface area (Å²) in [6.45, 7) is 6.47. The normalized spacial score (nSPS) is 12.8. The quantitative estimate of drug-likeness (QED) is 0.0261. The van der Waals surface area contributed by atoms with Gasteiger partial charge in [-0.15, -0.1) is 0 Å². The molecule has 1 atom stereocenters. The van der Waals surface area contributed by atoms with E-state index in [4.69, 9.17) is 14.2 Å². The predicted octanol–water partition coefficient (Wildman–Crippen LogP) is 24.2. The molecule has 0 fully saturated rings. The highest BCUT2D eigenvalue weighted by Crippen LogP contribution is 2.17. The van der Waals surface area contributed by atoms with E-state index in [1.165, 1.54) is 173 Å². The summed E-state index contributed by atoms with van der Waals surface area (Å²) in [5.74, 6) is -0.890. The number of allylic oxidation sites excluding steroid dienone is 18. The van der Waals surface area contributed by atoms with E-state index in [-0.39, 0.29) is 31.1 Å². The summed E-state index contributed by atoms with van der Waals surface area (Å²) in [5, 5.41) is 0. The molecule has 0 heterocycles. The predicted molar refractivity (Wildman–Crippen MR) is 357 cm³/mol. The SMILES string of the molecule is CC/C=C\C/C=C\C/C=C\C/C=C\C/C=C\CCCCCCCCCCCC(=O)OC(COC(=O)CCCCCCC/C=C\CCC)COC(=O)CCCCCCCCCCCCCCCC/C=C\C/C=C\C/C=C\CCCCCCC. The Balaban J connectivity index is 4.21. The molecule has 0 aromatic carbocycles. The van der Waals surface area contributed by atoms with Gasteiger partial charge in [-0.05, 0) is 122 Å². The Bertz CT molecular complexity index is 1640. The van der Waals surface area contributed by atoms with Gasteiger partial charge < -0.3 is 14.2 Å². The molecule has 0 spiro atoms. The van der Waals surface area contributed by atoms with Crippen molar-refractivity contribution in [2.75, 3.05) is 13.2 Å². The summed E-state index contributed by atoms with van der Waals surface area (Å²) in [6, 6.07) is 0. The minimum absolute atomic E-state index is 0.0826. The third-order valence-electron chi connectivity index (χ3n) is 15.0. The molecule has 0 N–H and O–H groups in total. The molecule has 470 valence electrons. The highest BCUT2D eigenvalue weighted by atomic mass is 16.6. The molecular formula is C76H130O6.